The highest BCUT2D eigenvalue weighted by atomic mass is 19.1. The zero-order valence-electron chi connectivity index (χ0n) is 16.6. The standard InChI is InChI=1S/C22H31FN4O/c23-19-2-1-3-20(25-19)27-8-6-26(7-9-27)5-4-24-21(28)22-13-16-10-17(14-22)12-18(11-16)15-22/h1-3,16-18H,4-15H2,(H,24,28). The van der Waals surface area contributed by atoms with E-state index in [2.05, 4.69) is 20.1 Å². The van der Waals surface area contributed by atoms with E-state index in [4.69, 9.17) is 0 Å². The average molecular weight is 387 g/mol. The van der Waals surface area contributed by atoms with Gasteiger partial charge in [0.25, 0.3) is 0 Å². The zero-order valence-corrected chi connectivity index (χ0v) is 16.6. The summed E-state index contributed by atoms with van der Waals surface area (Å²) in [7, 11) is 0. The van der Waals surface area contributed by atoms with E-state index in [-0.39, 0.29) is 5.41 Å². The summed E-state index contributed by atoms with van der Waals surface area (Å²) in [4.78, 5) is 21.5. The fourth-order valence-electron chi connectivity index (χ4n) is 6.68. The van der Waals surface area contributed by atoms with Crippen molar-refractivity contribution in [2.75, 3.05) is 44.2 Å². The van der Waals surface area contributed by atoms with Crippen LogP contribution in [0.25, 0.3) is 0 Å². The highest BCUT2D eigenvalue weighted by Gasteiger charge is 2.54. The first-order chi connectivity index (χ1) is 13.6. The van der Waals surface area contributed by atoms with Crippen LogP contribution in [0, 0.1) is 29.1 Å². The van der Waals surface area contributed by atoms with E-state index in [0.29, 0.717) is 5.91 Å². The predicted octanol–water partition coefficient (Wildman–Crippen LogP) is 2.68. The maximum Gasteiger partial charge on any atom is 0.226 e. The molecule has 1 N–H and O–H groups in total. The third-order valence-electron chi connectivity index (χ3n) is 7.63. The van der Waals surface area contributed by atoms with E-state index in [1.54, 1.807) is 6.07 Å². The van der Waals surface area contributed by atoms with Gasteiger partial charge < -0.3 is 10.2 Å². The van der Waals surface area contributed by atoms with Gasteiger partial charge in [-0.2, -0.15) is 4.39 Å². The molecular formula is C22H31FN4O. The summed E-state index contributed by atoms with van der Waals surface area (Å²) < 4.78 is 13.3. The average Bonchev–Trinajstić information content (AvgIpc) is 2.67. The SMILES string of the molecule is O=C(NCCN1CCN(c2cccc(F)n2)CC1)C12CC3CC(CC(C3)C1)C2. The highest BCUT2D eigenvalue weighted by molar-refractivity contribution is 5.83. The van der Waals surface area contributed by atoms with Gasteiger partial charge in [-0.05, 0) is 68.4 Å². The first-order valence-electron chi connectivity index (χ1n) is 11.0. The Morgan fingerprint density at radius 2 is 1.71 bits per heavy atom. The van der Waals surface area contributed by atoms with E-state index in [1.165, 1.54) is 25.3 Å². The molecule has 0 radical (unpaired) electrons. The quantitative estimate of drug-likeness (QED) is 0.791. The molecule has 1 aromatic heterocycles. The van der Waals surface area contributed by atoms with Crippen molar-refractivity contribution in [3.05, 3.63) is 24.1 Å². The number of halogens is 1. The molecule has 2 heterocycles. The smallest absolute Gasteiger partial charge is 0.226 e. The van der Waals surface area contributed by atoms with E-state index >= 15 is 0 Å². The number of anilines is 1. The molecule has 28 heavy (non-hydrogen) atoms. The van der Waals surface area contributed by atoms with Crippen molar-refractivity contribution < 1.29 is 9.18 Å². The molecule has 0 unspecified atom stereocenters. The minimum absolute atomic E-state index is 0.0451. The number of nitrogens with one attached hydrogen (secondary N) is 1. The van der Waals surface area contributed by atoms with Crippen molar-refractivity contribution in [3.63, 3.8) is 0 Å². The minimum Gasteiger partial charge on any atom is -0.354 e. The van der Waals surface area contributed by atoms with Crippen LogP contribution in [0.2, 0.25) is 0 Å². The lowest BCUT2D eigenvalue weighted by Gasteiger charge is -2.55. The summed E-state index contributed by atoms with van der Waals surface area (Å²) in [6.45, 7) is 5.16. The Kier molecular flexibility index (Phi) is 4.77. The number of hydrogen-bond donors (Lipinski definition) is 1. The second-order valence-corrected chi connectivity index (χ2v) is 9.60. The second kappa shape index (κ2) is 7.29. The van der Waals surface area contributed by atoms with E-state index in [9.17, 15) is 9.18 Å². The molecule has 0 atom stereocenters. The number of nitrogens with zero attached hydrogens (tertiary/aromatic N) is 3. The van der Waals surface area contributed by atoms with Crippen molar-refractivity contribution >= 4 is 11.7 Å². The van der Waals surface area contributed by atoms with Crippen molar-refractivity contribution in [1.82, 2.24) is 15.2 Å². The van der Waals surface area contributed by atoms with Crippen molar-refractivity contribution in [2.45, 2.75) is 38.5 Å². The molecule has 4 aliphatic carbocycles. The van der Waals surface area contributed by atoms with Gasteiger partial charge in [0.15, 0.2) is 0 Å². The Morgan fingerprint density at radius 3 is 2.32 bits per heavy atom. The number of carbonyl (C=O) groups is 1. The minimum atomic E-state index is -0.424. The lowest BCUT2D eigenvalue weighted by molar-refractivity contribution is -0.146. The van der Waals surface area contributed by atoms with Crippen molar-refractivity contribution in [2.24, 2.45) is 23.2 Å². The predicted molar refractivity (Wildman–Crippen MR) is 106 cm³/mol. The van der Waals surface area contributed by atoms with E-state index in [0.717, 1.165) is 82.1 Å². The Balaban J connectivity index is 1.08. The molecule has 1 saturated heterocycles. The van der Waals surface area contributed by atoms with Crippen LogP contribution in [0.4, 0.5) is 10.2 Å². The Bertz CT molecular complexity index is 696. The molecule has 152 valence electrons. The lowest BCUT2D eigenvalue weighted by Crippen LogP contribution is -2.54. The first-order valence-corrected chi connectivity index (χ1v) is 11.0. The molecule has 1 aromatic rings. The number of rotatable bonds is 5. The summed E-state index contributed by atoms with van der Waals surface area (Å²) in [6, 6.07) is 4.96. The number of pyridine rings is 1. The molecule has 6 heteroatoms. The van der Waals surface area contributed by atoms with Gasteiger partial charge in [-0.25, -0.2) is 4.98 Å². The molecule has 5 fully saturated rings. The number of carbonyl (C=O) groups excluding carboxylic acids is 1. The Morgan fingerprint density at radius 1 is 1.07 bits per heavy atom. The van der Waals surface area contributed by atoms with Crippen LogP contribution < -0.4 is 10.2 Å². The second-order valence-electron chi connectivity index (χ2n) is 9.60. The molecule has 1 aliphatic heterocycles. The topological polar surface area (TPSA) is 48.5 Å². The van der Waals surface area contributed by atoms with Gasteiger partial charge in [-0.3, -0.25) is 9.69 Å². The molecular weight excluding hydrogens is 355 g/mol. The Hall–Kier alpha value is -1.69. The third kappa shape index (κ3) is 3.51. The van der Waals surface area contributed by atoms with Crippen LogP contribution in [-0.4, -0.2) is 55.1 Å². The van der Waals surface area contributed by atoms with Gasteiger partial charge in [-0.1, -0.05) is 6.07 Å². The Labute approximate surface area is 166 Å². The van der Waals surface area contributed by atoms with Crippen LogP contribution in [0.1, 0.15) is 38.5 Å². The monoisotopic (exact) mass is 386 g/mol. The fourth-order valence-corrected chi connectivity index (χ4v) is 6.68. The summed E-state index contributed by atoms with van der Waals surface area (Å²) >= 11 is 0. The van der Waals surface area contributed by atoms with Crippen LogP contribution in [0.15, 0.2) is 18.2 Å². The van der Waals surface area contributed by atoms with Crippen LogP contribution in [0.5, 0.6) is 0 Å². The van der Waals surface area contributed by atoms with E-state index < -0.39 is 5.95 Å². The van der Waals surface area contributed by atoms with Gasteiger partial charge in [0.05, 0.1) is 0 Å². The number of piperazine rings is 1. The van der Waals surface area contributed by atoms with Crippen LogP contribution >= 0.6 is 0 Å². The summed E-state index contributed by atoms with van der Waals surface area (Å²) in [5, 5.41) is 3.28. The maximum atomic E-state index is 13.3. The number of hydrogen-bond acceptors (Lipinski definition) is 4. The number of amides is 1. The fraction of sp³-hybridized carbons (Fsp3) is 0.727. The number of aromatic nitrogens is 1. The molecule has 4 saturated carbocycles. The molecule has 0 aromatic carbocycles. The van der Waals surface area contributed by atoms with Crippen molar-refractivity contribution in [3.8, 4) is 0 Å². The molecule has 5 aliphatic rings. The van der Waals surface area contributed by atoms with Gasteiger partial charge in [0.2, 0.25) is 11.9 Å². The third-order valence-corrected chi connectivity index (χ3v) is 7.63. The van der Waals surface area contributed by atoms with Crippen LogP contribution in [0.3, 0.4) is 0 Å². The highest BCUT2D eigenvalue weighted by Crippen LogP contribution is 2.60. The molecule has 1 amide bonds. The summed E-state index contributed by atoms with van der Waals surface area (Å²) in [5.74, 6) is 3.04. The largest absolute Gasteiger partial charge is 0.354 e. The first kappa shape index (κ1) is 18.3. The molecule has 6 rings (SSSR count). The lowest BCUT2D eigenvalue weighted by atomic mass is 9.49. The van der Waals surface area contributed by atoms with Gasteiger partial charge in [0.1, 0.15) is 5.82 Å². The zero-order chi connectivity index (χ0) is 19.1. The molecule has 4 bridgehead atoms. The van der Waals surface area contributed by atoms with Crippen LogP contribution in [-0.2, 0) is 4.79 Å². The van der Waals surface area contributed by atoms with E-state index in [1.807, 2.05) is 6.07 Å². The molecule has 0 spiro atoms. The van der Waals surface area contributed by atoms with Gasteiger partial charge in [-0.15, -0.1) is 0 Å². The maximum absolute atomic E-state index is 13.3. The molecule has 5 nitrogen and oxygen atoms in total. The summed E-state index contributed by atoms with van der Waals surface area (Å²) in [5.41, 5.74) is -0.0451. The van der Waals surface area contributed by atoms with Gasteiger partial charge >= 0.3 is 0 Å². The van der Waals surface area contributed by atoms with Crippen molar-refractivity contribution in [1.29, 1.82) is 0 Å². The summed E-state index contributed by atoms with van der Waals surface area (Å²) in [6.07, 6.45) is 7.50. The normalized spacial score (nSPS) is 34.6. The van der Waals surface area contributed by atoms with Gasteiger partial charge in [0, 0.05) is 44.7 Å².